The Morgan fingerprint density at radius 3 is 2.30 bits per heavy atom. The van der Waals surface area contributed by atoms with Crippen molar-refractivity contribution in [3.05, 3.63) is 12.2 Å². The Morgan fingerprint density at radius 1 is 1.20 bits per heavy atom. The van der Waals surface area contributed by atoms with E-state index in [0.29, 0.717) is 32.7 Å². The molecule has 0 bridgehead atoms. The fraction of sp³-hybridized carbons (Fsp3) is 0.733. The van der Waals surface area contributed by atoms with Gasteiger partial charge >= 0.3 is 11.8 Å². The third-order valence-corrected chi connectivity index (χ3v) is 3.17. The Labute approximate surface area is 122 Å². The number of hydrogen-bond donors (Lipinski definition) is 1. The molecular weight excluding hydrogens is 254 g/mol. The van der Waals surface area contributed by atoms with Gasteiger partial charge in [0.2, 0.25) is 0 Å². The summed E-state index contributed by atoms with van der Waals surface area (Å²) >= 11 is 0. The number of carbonyl (C=O) groups is 2. The predicted molar refractivity (Wildman–Crippen MR) is 80.3 cm³/mol. The van der Waals surface area contributed by atoms with E-state index in [1.807, 2.05) is 6.92 Å². The van der Waals surface area contributed by atoms with E-state index in [1.54, 1.807) is 9.80 Å². The van der Waals surface area contributed by atoms with Crippen LogP contribution < -0.4 is 5.32 Å². The molecule has 1 rings (SSSR count). The van der Waals surface area contributed by atoms with Crippen LogP contribution in [0, 0.1) is 0 Å². The molecule has 1 heterocycles. The molecule has 0 aliphatic carbocycles. The average molecular weight is 281 g/mol. The first kappa shape index (κ1) is 16.7. The number of carbonyl (C=O) groups excluding carboxylic acids is 2. The minimum Gasteiger partial charge on any atom is -0.333 e. The van der Waals surface area contributed by atoms with E-state index in [0.717, 1.165) is 12.0 Å². The zero-order valence-electron chi connectivity index (χ0n) is 13.2. The molecule has 0 atom stereocenters. The van der Waals surface area contributed by atoms with Crippen LogP contribution in [-0.2, 0) is 9.59 Å². The van der Waals surface area contributed by atoms with E-state index < -0.39 is 5.91 Å². The summed E-state index contributed by atoms with van der Waals surface area (Å²) in [6, 6.07) is 0. The molecule has 5 nitrogen and oxygen atoms in total. The lowest BCUT2D eigenvalue weighted by atomic mass is 10.1. The Balaban J connectivity index is 2.47. The number of nitrogens with zero attached hydrogens (tertiary/aromatic N) is 2. The molecule has 0 unspecified atom stereocenters. The first-order valence-corrected chi connectivity index (χ1v) is 7.24. The van der Waals surface area contributed by atoms with Crippen LogP contribution in [0.3, 0.4) is 0 Å². The normalized spacial score (nSPS) is 16.8. The van der Waals surface area contributed by atoms with Crippen LogP contribution in [0.25, 0.3) is 0 Å². The van der Waals surface area contributed by atoms with Crippen molar-refractivity contribution in [2.75, 3.05) is 32.7 Å². The summed E-state index contributed by atoms with van der Waals surface area (Å²) in [7, 11) is 0. The average Bonchev–Trinajstić information content (AvgIpc) is 2.35. The molecule has 0 spiro atoms. The monoisotopic (exact) mass is 281 g/mol. The fourth-order valence-electron chi connectivity index (χ4n) is 2.07. The molecule has 1 aliphatic heterocycles. The van der Waals surface area contributed by atoms with Gasteiger partial charge < -0.3 is 15.1 Å². The fourth-order valence-corrected chi connectivity index (χ4v) is 2.07. The van der Waals surface area contributed by atoms with Gasteiger partial charge in [-0.05, 0) is 32.8 Å². The van der Waals surface area contributed by atoms with Crippen molar-refractivity contribution in [1.82, 2.24) is 15.1 Å². The summed E-state index contributed by atoms with van der Waals surface area (Å²) in [5, 5.41) is 3.33. The van der Waals surface area contributed by atoms with Crippen LogP contribution in [0.1, 0.15) is 34.1 Å². The van der Waals surface area contributed by atoms with Crippen LogP contribution >= 0.6 is 0 Å². The summed E-state index contributed by atoms with van der Waals surface area (Å²) in [4.78, 5) is 27.2. The number of amides is 2. The van der Waals surface area contributed by atoms with Crippen LogP contribution in [0.4, 0.5) is 0 Å². The highest BCUT2D eigenvalue weighted by Gasteiger charge is 2.31. The third kappa shape index (κ3) is 4.96. The molecule has 0 aromatic heterocycles. The van der Waals surface area contributed by atoms with Crippen molar-refractivity contribution in [2.24, 2.45) is 0 Å². The maximum absolute atomic E-state index is 12.0. The highest BCUT2D eigenvalue weighted by atomic mass is 16.2. The van der Waals surface area contributed by atoms with E-state index in [4.69, 9.17) is 0 Å². The van der Waals surface area contributed by atoms with Gasteiger partial charge in [0.25, 0.3) is 0 Å². The largest absolute Gasteiger partial charge is 0.333 e. The second kappa shape index (κ2) is 6.88. The Hall–Kier alpha value is -1.36. The van der Waals surface area contributed by atoms with Gasteiger partial charge in [-0.15, -0.1) is 0 Å². The topological polar surface area (TPSA) is 52.6 Å². The number of nitrogens with one attached hydrogen (secondary N) is 1. The number of hydrogen-bond acceptors (Lipinski definition) is 3. The van der Waals surface area contributed by atoms with E-state index in [-0.39, 0.29) is 11.4 Å². The smallest absolute Gasteiger partial charge is 0.312 e. The van der Waals surface area contributed by atoms with Gasteiger partial charge in [-0.3, -0.25) is 9.59 Å². The van der Waals surface area contributed by atoms with Crippen LogP contribution in [0.5, 0.6) is 0 Å². The molecule has 5 heteroatoms. The summed E-state index contributed by atoms with van der Waals surface area (Å²) < 4.78 is 0. The van der Waals surface area contributed by atoms with Crippen molar-refractivity contribution < 1.29 is 9.59 Å². The minimum absolute atomic E-state index is 0.0165. The van der Waals surface area contributed by atoms with E-state index in [1.165, 1.54) is 0 Å². The van der Waals surface area contributed by atoms with Crippen LogP contribution in [0.2, 0.25) is 0 Å². The summed E-state index contributed by atoms with van der Waals surface area (Å²) in [6.07, 6.45) is 0.876. The lowest BCUT2D eigenvalue weighted by Gasteiger charge is -2.34. The third-order valence-electron chi connectivity index (χ3n) is 3.17. The highest BCUT2D eigenvalue weighted by Crippen LogP contribution is 2.08. The Morgan fingerprint density at radius 2 is 1.75 bits per heavy atom. The molecule has 1 saturated heterocycles. The molecule has 114 valence electrons. The highest BCUT2D eigenvalue weighted by molar-refractivity contribution is 6.35. The first-order chi connectivity index (χ1) is 9.24. The molecule has 0 aromatic carbocycles. The molecular formula is C15H27N3O2. The maximum Gasteiger partial charge on any atom is 0.312 e. The maximum atomic E-state index is 12.0. The van der Waals surface area contributed by atoms with Gasteiger partial charge in [-0.2, -0.15) is 0 Å². The molecule has 0 radical (unpaired) electrons. The SMILES string of the molecule is C=C(CNC(C)(C)C)CN1CCN(CCC)C(=O)C1=O. The second-order valence-corrected chi connectivity index (χ2v) is 6.37. The molecule has 0 saturated carbocycles. The molecule has 2 amide bonds. The van der Waals surface area contributed by atoms with Gasteiger partial charge in [0, 0.05) is 38.3 Å². The Bertz CT molecular complexity index is 385. The molecule has 0 aromatic rings. The lowest BCUT2D eigenvalue weighted by Crippen LogP contribution is -2.55. The van der Waals surface area contributed by atoms with Gasteiger partial charge in [-0.1, -0.05) is 13.5 Å². The summed E-state index contributed by atoms with van der Waals surface area (Å²) in [6.45, 7) is 15.2. The zero-order valence-corrected chi connectivity index (χ0v) is 13.2. The van der Waals surface area contributed by atoms with Gasteiger partial charge in [-0.25, -0.2) is 0 Å². The quantitative estimate of drug-likeness (QED) is 0.584. The number of rotatable bonds is 6. The van der Waals surface area contributed by atoms with Crippen molar-refractivity contribution in [2.45, 2.75) is 39.7 Å². The van der Waals surface area contributed by atoms with E-state index >= 15 is 0 Å². The van der Waals surface area contributed by atoms with Crippen LogP contribution in [0.15, 0.2) is 12.2 Å². The standard InChI is InChI=1S/C15H27N3O2/c1-6-7-17-8-9-18(14(20)13(17)19)11-12(2)10-16-15(3,4)5/h16H,2,6-11H2,1,3-5H3. The van der Waals surface area contributed by atoms with Gasteiger partial charge in [0.15, 0.2) is 0 Å². The summed E-state index contributed by atoms with van der Waals surface area (Å²) in [5.41, 5.74) is 0.938. The van der Waals surface area contributed by atoms with Crippen molar-refractivity contribution in [1.29, 1.82) is 0 Å². The van der Waals surface area contributed by atoms with E-state index in [9.17, 15) is 9.59 Å². The van der Waals surface area contributed by atoms with Crippen molar-refractivity contribution in [3.63, 3.8) is 0 Å². The molecule has 20 heavy (non-hydrogen) atoms. The minimum atomic E-state index is -0.401. The lowest BCUT2D eigenvalue weighted by molar-refractivity contribution is -0.155. The summed E-state index contributed by atoms with van der Waals surface area (Å²) in [5.74, 6) is -0.781. The predicted octanol–water partition coefficient (Wildman–Crippen LogP) is 1.01. The van der Waals surface area contributed by atoms with Crippen molar-refractivity contribution >= 4 is 11.8 Å². The first-order valence-electron chi connectivity index (χ1n) is 7.24. The van der Waals surface area contributed by atoms with Gasteiger partial charge in [0.05, 0.1) is 0 Å². The zero-order chi connectivity index (χ0) is 15.3. The van der Waals surface area contributed by atoms with Crippen molar-refractivity contribution in [3.8, 4) is 0 Å². The molecule has 1 N–H and O–H groups in total. The van der Waals surface area contributed by atoms with E-state index in [2.05, 4.69) is 32.7 Å². The van der Waals surface area contributed by atoms with Crippen LogP contribution in [-0.4, -0.2) is 59.9 Å². The second-order valence-electron chi connectivity index (χ2n) is 6.37. The molecule has 1 fully saturated rings. The molecule has 1 aliphatic rings. The Kier molecular flexibility index (Phi) is 5.74. The number of piperazine rings is 1. The van der Waals surface area contributed by atoms with Gasteiger partial charge in [0.1, 0.15) is 0 Å².